The number of benzene rings is 1. The maximum atomic E-state index is 11.9. The van der Waals surface area contributed by atoms with Gasteiger partial charge in [0.05, 0.1) is 13.7 Å². The molecule has 1 aromatic rings. The lowest BCUT2D eigenvalue weighted by atomic mass is 10.2. The van der Waals surface area contributed by atoms with Crippen LogP contribution in [0.15, 0.2) is 30.3 Å². The maximum Gasteiger partial charge on any atom is 0.246 e. The molecular formula is C16H22N2O3. The van der Waals surface area contributed by atoms with E-state index in [0.717, 1.165) is 17.7 Å². The summed E-state index contributed by atoms with van der Waals surface area (Å²) in [6.07, 6.45) is 4.02. The zero-order valence-corrected chi connectivity index (χ0v) is 12.8. The van der Waals surface area contributed by atoms with E-state index in [-0.39, 0.29) is 18.4 Å². The van der Waals surface area contributed by atoms with Gasteiger partial charge in [0.25, 0.3) is 0 Å². The van der Waals surface area contributed by atoms with E-state index in [1.165, 1.54) is 11.0 Å². The molecule has 1 rings (SSSR count). The Labute approximate surface area is 125 Å². The number of hydrogen-bond donors (Lipinski definition) is 1. The quantitative estimate of drug-likeness (QED) is 0.778. The predicted molar refractivity (Wildman–Crippen MR) is 83.0 cm³/mol. The molecule has 21 heavy (non-hydrogen) atoms. The Balaban J connectivity index is 2.54. The SMILES string of the molecule is CCCNC(=O)CN(C)C(=O)/C=C/c1cccc(OC)c1. The number of nitrogens with one attached hydrogen (secondary N) is 1. The molecule has 5 nitrogen and oxygen atoms in total. The van der Waals surface area contributed by atoms with Crippen LogP contribution in [0.4, 0.5) is 0 Å². The molecule has 0 atom stereocenters. The smallest absolute Gasteiger partial charge is 0.246 e. The van der Waals surface area contributed by atoms with E-state index in [2.05, 4.69) is 5.32 Å². The second kappa shape index (κ2) is 8.79. The molecule has 0 saturated carbocycles. The van der Waals surface area contributed by atoms with Gasteiger partial charge in [-0.25, -0.2) is 0 Å². The molecule has 0 fully saturated rings. The first-order chi connectivity index (χ1) is 10.1. The molecule has 0 saturated heterocycles. The Bertz CT molecular complexity index is 512. The van der Waals surface area contributed by atoms with Gasteiger partial charge in [0.15, 0.2) is 0 Å². The van der Waals surface area contributed by atoms with E-state index >= 15 is 0 Å². The Morgan fingerprint density at radius 3 is 2.81 bits per heavy atom. The monoisotopic (exact) mass is 290 g/mol. The molecule has 0 unspecified atom stereocenters. The lowest BCUT2D eigenvalue weighted by Gasteiger charge is -2.14. The number of amides is 2. The lowest BCUT2D eigenvalue weighted by molar-refractivity contribution is -0.131. The minimum atomic E-state index is -0.218. The van der Waals surface area contributed by atoms with Gasteiger partial charge in [0.1, 0.15) is 5.75 Å². The number of methoxy groups -OCH3 is 1. The van der Waals surface area contributed by atoms with Crippen LogP contribution in [0, 0.1) is 0 Å². The van der Waals surface area contributed by atoms with Crippen LogP contribution in [-0.2, 0) is 9.59 Å². The van der Waals surface area contributed by atoms with Crippen LogP contribution in [0.3, 0.4) is 0 Å². The third-order valence-electron chi connectivity index (χ3n) is 2.84. The molecule has 0 heterocycles. The van der Waals surface area contributed by atoms with Crippen LogP contribution in [0.2, 0.25) is 0 Å². The molecule has 0 radical (unpaired) electrons. The van der Waals surface area contributed by atoms with Gasteiger partial charge >= 0.3 is 0 Å². The van der Waals surface area contributed by atoms with Crippen molar-refractivity contribution in [3.05, 3.63) is 35.9 Å². The topological polar surface area (TPSA) is 58.6 Å². The minimum absolute atomic E-state index is 0.0568. The maximum absolute atomic E-state index is 11.9. The molecule has 1 N–H and O–H groups in total. The van der Waals surface area contributed by atoms with Crippen LogP contribution < -0.4 is 10.1 Å². The zero-order valence-electron chi connectivity index (χ0n) is 12.8. The van der Waals surface area contributed by atoms with Crippen LogP contribution in [0.5, 0.6) is 5.75 Å². The molecule has 1 aromatic carbocycles. The molecule has 0 spiro atoms. The van der Waals surface area contributed by atoms with Gasteiger partial charge in [-0.3, -0.25) is 9.59 Å². The molecule has 0 aromatic heterocycles. The van der Waals surface area contributed by atoms with Crippen LogP contribution in [0.25, 0.3) is 6.08 Å². The summed E-state index contributed by atoms with van der Waals surface area (Å²) in [6.45, 7) is 2.66. The molecule has 2 amide bonds. The number of rotatable bonds is 7. The molecule has 114 valence electrons. The van der Waals surface area contributed by atoms with Gasteiger partial charge in [0.2, 0.25) is 11.8 Å². The second-order valence-electron chi connectivity index (χ2n) is 4.65. The van der Waals surface area contributed by atoms with Crippen molar-refractivity contribution < 1.29 is 14.3 Å². The number of likely N-dealkylation sites (N-methyl/N-ethyl adjacent to an activating group) is 1. The molecule has 0 aliphatic rings. The van der Waals surface area contributed by atoms with E-state index in [0.29, 0.717) is 6.54 Å². The third-order valence-corrected chi connectivity index (χ3v) is 2.84. The van der Waals surface area contributed by atoms with E-state index in [4.69, 9.17) is 4.74 Å². The summed E-state index contributed by atoms with van der Waals surface area (Å²) in [7, 11) is 3.19. The summed E-state index contributed by atoms with van der Waals surface area (Å²) in [5.74, 6) is 0.365. The third kappa shape index (κ3) is 6.12. The van der Waals surface area contributed by atoms with Crippen LogP contribution in [0.1, 0.15) is 18.9 Å². The molecular weight excluding hydrogens is 268 g/mol. The summed E-state index contributed by atoms with van der Waals surface area (Å²) in [4.78, 5) is 24.8. The van der Waals surface area contributed by atoms with E-state index in [1.54, 1.807) is 20.2 Å². The van der Waals surface area contributed by atoms with Gasteiger partial charge in [-0.05, 0) is 30.2 Å². The minimum Gasteiger partial charge on any atom is -0.497 e. The van der Waals surface area contributed by atoms with Crippen LogP contribution in [-0.4, -0.2) is 44.0 Å². The number of hydrogen-bond acceptors (Lipinski definition) is 3. The van der Waals surface area contributed by atoms with E-state index < -0.39 is 0 Å². The zero-order chi connectivity index (χ0) is 15.7. The van der Waals surface area contributed by atoms with Crippen molar-refractivity contribution in [1.29, 1.82) is 0 Å². The second-order valence-corrected chi connectivity index (χ2v) is 4.65. The van der Waals surface area contributed by atoms with Crippen molar-refractivity contribution in [3.8, 4) is 5.75 Å². The number of carbonyl (C=O) groups excluding carboxylic acids is 2. The molecule has 0 aliphatic heterocycles. The number of carbonyl (C=O) groups is 2. The average Bonchev–Trinajstić information content (AvgIpc) is 2.50. The predicted octanol–water partition coefficient (Wildman–Crippen LogP) is 1.69. The first-order valence-corrected chi connectivity index (χ1v) is 6.90. The Kier molecular flexibility index (Phi) is 7.01. The van der Waals surface area contributed by atoms with Gasteiger partial charge < -0.3 is 15.0 Å². The Morgan fingerprint density at radius 2 is 2.14 bits per heavy atom. The normalized spacial score (nSPS) is 10.4. The average molecular weight is 290 g/mol. The first kappa shape index (κ1) is 16.8. The van der Waals surface area contributed by atoms with Crippen molar-refractivity contribution in [2.45, 2.75) is 13.3 Å². The van der Waals surface area contributed by atoms with Crippen molar-refractivity contribution in [2.75, 3.05) is 27.2 Å². The molecule has 0 aliphatic carbocycles. The summed E-state index contributed by atoms with van der Waals surface area (Å²) in [5.41, 5.74) is 0.867. The van der Waals surface area contributed by atoms with Crippen molar-refractivity contribution in [3.63, 3.8) is 0 Å². The van der Waals surface area contributed by atoms with Crippen LogP contribution >= 0.6 is 0 Å². The molecule has 5 heteroatoms. The fourth-order valence-electron chi connectivity index (χ4n) is 1.65. The van der Waals surface area contributed by atoms with Gasteiger partial charge in [-0.1, -0.05) is 19.1 Å². The van der Waals surface area contributed by atoms with E-state index in [1.807, 2.05) is 31.2 Å². The van der Waals surface area contributed by atoms with Crippen molar-refractivity contribution in [2.24, 2.45) is 0 Å². The van der Waals surface area contributed by atoms with E-state index in [9.17, 15) is 9.59 Å². The lowest BCUT2D eigenvalue weighted by Crippen LogP contribution is -2.37. The Morgan fingerprint density at radius 1 is 1.38 bits per heavy atom. The summed E-state index contributed by atoms with van der Waals surface area (Å²) in [6, 6.07) is 7.40. The number of nitrogens with zero attached hydrogens (tertiary/aromatic N) is 1. The fourth-order valence-corrected chi connectivity index (χ4v) is 1.65. The highest BCUT2D eigenvalue weighted by molar-refractivity contribution is 5.94. The highest BCUT2D eigenvalue weighted by Gasteiger charge is 2.09. The van der Waals surface area contributed by atoms with Crippen molar-refractivity contribution in [1.82, 2.24) is 10.2 Å². The number of ether oxygens (including phenoxy) is 1. The van der Waals surface area contributed by atoms with Crippen molar-refractivity contribution >= 4 is 17.9 Å². The summed E-state index contributed by atoms with van der Waals surface area (Å²) < 4.78 is 5.12. The van der Waals surface area contributed by atoms with Gasteiger partial charge in [-0.15, -0.1) is 0 Å². The van der Waals surface area contributed by atoms with Gasteiger partial charge in [-0.2, -0.15) is 0 Å². The highest BCUT2D eigenvalue weighted by atomic mass is 16.5. The standard InChI is InChI=1S/C16H22N2O3/c1-4-10-17-15(19)12-18(2)16(20)9-8-13-6-5-7-14(11-13)21-3/h5-9,11H,4,10,12H2,1-3H3,(H,17,19)/b9-8+. The summed E-state index contributed by atoms with van der Waals surface area (Å²) >= 11 is 0. The summed E-state index contributed by atoms with van der Waals surface area (Å²) in [5, 5.41) is 2.73. The largest absolute Gasteiger partial charge is 0.497 e. The Hall–Kier alpha value is -2.30. The highest BCUT2D eigenvalue weighted by Crippen LogP contribution is 2.13. The molecule has 0 bridgehead atoms. The van der Waals surface area contributed by atoms with Gasteiger partial charge in [0, 0.05) is 19.7 Å². The fraction of sp³-hybridized carbons (Fsp3) is 0.375. The first-order valence-electron chi connectivity index (χ1n) is 6.90.